The van der Waals surface area contributed by atoms with E-state index in [0.29, 0.717) is 63.1 Å². The van der Waals surface area contributed by atoms with Gasteiger partial charge in [0.05, 0.1) is 17.8 Å². The van der Waals surface area contributed by atoms with Crippen molar-refractivity contribution in [3.8, 4) is 0 Å². The lowest BCUT2D eigenvalue weighted by atomic mass is 9.82. The van der Waals surface area contributed by atoms with Crippen molar-refractivity contribution >= 4 is 46.6 Å². The third-order valence-electron chi connectivity index (χ3n) is 15.6. The summed E-state index contributed by atoms with van der Waals surface area (Å²) in [6, 6.07) is 9.99. The Morgan fingerprint density at radius 2 is 1.54 bits per heavy atom. The van der Waals surface area contributed by atoms with Crippen LogP contribution in [0.15, 0.2) is 42.7 Å². The molecule has 0 aliphatic carbocycles. The van der Waals surface area contributed by atoms with E-state index in [1.54, 1.807) is 16.1 Å². The van der Waals surface area contributed by atoms with Gasteiger partial charge in [0.15, 0.2) is 0 Å². The van der Waals surface area contributed by atoms with Crippen LogP contribution < -0.4 is 30.7 Å². The first-order valence-corrected chi connectivity index (χ1v) is 23.5. The molecule has 7 aliphatic rings. The van der Waals surface area contributed by atoms with Gasteiger partial charge in [-0.1, -0.05) is 13.8 Å². The first-order chi connectivity index (χ1) is 31.2. The van der Waals surface area contributed by atoms with E-state index in [4.69, 9.17) is 0 Å². The Hall–Kier alpha value is -5.42. The Balaban J connectivity index is 0.691. The molecule has 4 amide bonds. The van der Waals surface area contributed by atoms with Crippen LogP contribution in [0.25, 0.3) is 0 Å². The van der Waals surface area contributed by atoms with Gasteiger partial charge in [-0.3, -0.25) is 29.4 Å². The van der Waals surface area contributed by atoms with Crippen LogP contribution in [0, 0.1) is 22.5 Å². The number of likely N-dealkylation sites (tertiary alicyclic amines) is 2. The molecule has 7 aliphatic heterocycles. The number of nitrogens with one attached hydrogen (secondary N) is 3. The molecular weight excluding hydrogens is 833 g/mol. The first kappa shape index (κ1) is 43.5. The zero-order chi connectivity index (χ0) is 45.1. The number of imide groups is 1. The van der Waals surface area contributed by atoms with Gasteiger partial charge in [0.1, 0.15) is 35.6 Å². The van der Waals surface area contributed by atoms with Crippen LogP contribution >= 0.6 is 0 Å². The normalized spacial score (nSPS) is 25.8. The van der Waals surface area contributed by atoms with Gasteiger partial charge in [-0.05, 0) is 99.8 Å². The molecule has 3 aromatic rings. The topological polar surface area (TPSA) is 150 Å². The SMILES string of the molecule is CC1(C)CCN(Cc2cc(F)c(N3CC(=O)NC4(CCN(c5cc(NCCN6CC[C@]7(CCN(c8ccc9c(c8)CN(C8CCC(=O)NC8=O)C9=O)C7)C6)ncn5)CC4)C3)cc2F)CC1. The number of piperidine rings is 3. The average molecular weight is 894 g/mol. The number of fused-ring (bicyclic) bond motifs is 1. The van der Waals surface area contributed by atoms with Crippen molar-refractivity contribution in [2.45, 2.75) is 89.9 Å². The fraction of sp³-hybridized carbons (Fsp3) is 0.583. The minimum absolute atomic E-state index is 0.0184. The number of carbonyl (C=O) groups excluding carboxylic acids is 4. The summed E-state index contributed by atoms with van der Waals surface area (Å²) >= 11 is 0. The number of anilines is 4. The predicted octanol–water partition coefficient (Wildman–Crippen LogP) is 4.13. The number of piperazine rings is 1. The maximum atomic E-state index is 15.7. The van der Waals surface area contributed by atoms with Crippen LogP contribution in [0.3, 0.4) is 0 Å². The molecule has 65 heavy (non-hydrogen) atoms. The highest BCUT2D eigenvalue weighted by Gasteiger charge is 2.45. The average Bonchev–Trinajstić information content (AvgIpc) is 3.98. The lowest BCUT2D eigenvalue weighted by Crippen LogP contribution is -2.66. The van der Waals surface area contributed by atoms with Gasteiger partial charge in [-0.2, -0.15) is 0 Å². The van der Waals surface area contributed by atoms with E-state index in [1.165, 1.54) is 12.1 Å². The maximum Gasteiger partial charge on any atom is 0.255 e. The molecule has 8 heterocycles. The second-order valence-electron chi connectivity index (χ2n) is 20.6. The molecule has 2 spiro atoms. The first-order valence-electron chi connectivity index (χ1n) is 23.5. The van der Waals surface area contributed by atoms with Crippen LogP contribution in [0.1, 0.15) is 86.7 Å². The van der Waals surface area contributed by atoms with Crippen molar-refractivity contribution in [3.05, 3.63) is 71.1 Å². The van der Waals surface area contributed by atoms with E-state index in [9.17, 15) is 19.2 Å². The Morgan fingerprint density at radius 1 is 0.769 bits per heavy atom. The van der Waals surface area contributed by atoms with Gasteiger partial charge in [0.25, 0.3) is 5.91 Å². The molecule has 6 saturated heterocycles. The van der Waals surface area contributed by atoms with Gasteiger partial charge in [-0.25, -0.2) is 18.7 Å². The van der Waals surface area contributed by atoms with Gasteiger partial charge in [0, 0.05) is 106 Å². The van der Waals surface area contributed by atoms with Crippen LogP contribution in [0.2, 0.25) is 0 Å². The lowest BCUT2D eigenvalue weighted by molar-refractivity contribution is -0.137. The second kappa shape index (κ2) is 17.1. The zero-order valence-electron chi connectivity index (χ0n) is 37.6. The molecule has 6 fully saturated rings. The monoisotopic (exact) mass is 893 g/mol. The molecule has 0 saturated carbocycles. The van der Waals surface area contributed by atoms with E-state index >= 15 is 8.78 Å². The highest BCUT2D eigenvalue weighted by Crippen LogP contribution is 2.42. The molecule has 15 nitrogen and oxygen atoms in total. The third-order valence-corrected chi connectivity index (χ3v) is 15.6. The number of aromatic nitrogens is 2. The standard InChI is InChI=1S/C48H61F2N11O4/c1-46(2)7-14-56(15-8-46)25-33-22-37(50)39(23-36(33)49)60-27-43(63)55-48(30-60)11-18-58(19-12-48)41-24-40(52-31-53-41)51-13-20-57-16-9-47(28-57)10-17-59(29-47)34-3-4-35-32(21-34)26-61(45(35)65)38-5-6-42(62)54-44(38)64/h3-4,21-24,31,38H,5-20,25-30H2,1-2H3,(H,55,63)(H,51,52,53)(H,54,62,64)/t38?,47-/m0/s1. The predicted molar refractivity (Wildman–Crippen MR) is 243 cm³/mol. The number of hydrogen-bond donors (Lipinski definition) is 3. The Bertz CT molecular complexity index is 2360. The number of halogens is 2. The van der Waals surface area contributed by atoms with Crippen molar-refractivity contribution in [3.63, 3.8) is 0 Å². The number of rotatable bonds is 10. The second-order valence-corrected chi connectivity index (χ2v) is 20.6. The number of carbonyl (C=O) groups is 4. The summed E-state index contributed by atoms with van der Waals surface area (Å²) in [5.74, 6) is -0.383. The maximum absolute atomic E-state index is 15.7. The molecule has 10 rings (SSSR count). The molecule has 346 valence electrons. The molecule has 2 aromatic carbocycles. The summed E-state index contributed by atoms with van der Waals surface area (Å²) < 4.78 is 31.2. The number of benzene rings is 2. The van der Waals surface area contributed by atoms with Crippen molar-refractivity contribution in [2.24, 2.45) is 10.8 Å². The summed E-state index contributed by atoms with van der Waals surface area (Å²) in [6.45, 7) is 14.2. The van der Waals surface area contributed by atoms with Crippen LogP contribution in [0.5, 0.6) is 0 Å². The lowest BCUT2D eigenvalue weighted by Gasteiger charge is -2.48. The fourth-order valence-corrected chi connectivity index (χ4v) is 11.5. The summed E-state index contributed by atoms with van der Waals surface area (Å²) in [5, 5.41) is 9.11. The van der Waals surface area contributed by atoms with E-state index < -0.39 is 29.1 Å². The van der Waals surface area contributed by atoms with Gasteiger partial charge < -0.3 is 35.1 Å². The molecule has 0 radical (unpaired) electrons. The van der Waals surface area contributed by atoms with Crippen LogP contribution in [-0.4, -0.2) is 138 Å². The quantitative estimate of drug-likeness (QED) is 0.252. The molecule has 3 N–H and O–H groups in total. The van der Waals surface area contributed by atoms with E-state index in [2.05, 4.69) is 65.4 Å². The van der Waals surface area contributed by atoms with E-state index in [0.717, 1.165) is 101 Å². The minimum atomic E-state index is -0.618. The largest absolute Gasteiger partial charge is 0.371 e. The smallest absolute Gasteiger partial charge is 0.255 e. The van der Waals surface area contributed by atoms with Crippen LogP contribution in [0.4, 0.5) is 31.8 Å². The van der Waals surface area contributed by atoms with Crippen molar-refractivity contribution in [2.75, 3.05) is 98.6 Å². The third kappa shape index (κ3) is 8.97. The zero-order valence-corrected chi connectivity index (χ0v) is 37.6. The minimum Gasteiger partial charge on any atom is -0.371 e. The molecular formula is C48H61F2N11O4. The van der Waals surface area contributed by atoms with Crippen molar-refractivity contribution in [1.29, 1.82) is 0 Å². The van der Waals surface area contributed by atoms with Gasteiger partial charge in [0.2, 0.25) is 17.7 Å². The summed E-state index contributed by atoms with van der Waals surface area (Å²) in [7, 11) is 0. The van der Waals surface area contributed by atoms with Crippen LogP contribution in [-0.2, 0) is 27.5 Å². The van der Waals surface area contributed by atoms with Gasteiger partial charge in [-0.15, -0.1) is 0 Å². The summed E-state index contributed by atoms with van der Waals surface area (Å²) in [5.41, 5.74) is 3.08. The Labute approximate surface area is 379 Å². The number of nitrogens with zero attached hydrogens (tertiary/aromatic N) is 8. The number of amides is 4. The van der Waals surface area contributed by atoms with Gasteiger partial charge >= 0.3 is 0 Å². The van der Waals surface area contributed by atoms with E-state index in [-0.39, 0.29) is 47.2 Å². The van der Waals surface area contributed by atoms with Crippen molar-refractivity contribution in [1.82, 2.24) is 35.3 Å². The summed E-state index contributed by atoms with van der Waals surface area (Å²) in [4.78, 5) is 72.3. The molecule has 17 heteroatoms. The highest BCUT2D eigenvalue weighted by molar-refractivity contribution is 6.05. The molecule has 2 atom stereocenters. The Morgan fingerprint density at radius 3 is 2.34 bits per heavy atom. The molecule has 1 aromatic heterocycles. The molecule has 0 bridgehead atoms. The Kier molecular flexibility index (Phi) is 11.4. The fourth-order valence-electron chi connectivity index (χ4n) is 11.5. The molecule has 1 unspecified atom stereocenters. The summed E-state index contributed by atoms with van der Waals surface area (Å²) in [6.07, 6.45) is 7.73. The van der Waals surface area contributed by atoms with Crippen molar-refractivity contribution < 1.29 is 28.0 Å². The highest BCUT2D eigenvalue weighted by atomic mass is 19.1. The number of hydrogen-bond acceptors (Lipinski definition) is 12. The van der Waals surface area contributed by atoms with E-state index in [1.807, 2.05) is 18.2 Å².